The van der Waals surface area contributed by atoms with Crippen molar-refractivity contribution in [3.05, 3.63) is 24.0 Å². The van der Waals surface area contributed by atoms with E-state index < -0.39 is 0 Å². The fourth-order valence-electron chi connectivity index (χ4n) is 3.13. The average molecular weight is 234 g/mol. The first-order valence-electron chi connectivity index (χ1n) is 6.93. The molecule has 2 nitrogen and oxygen atoms in total. The van der Waals surface area contributed by atoms with Gasteiger partial charge in [-0.15, -0.1) is 0 Å². The van der Waals surface area contributed by atoms with E-state index in [1.807, 2.05) is 6.20 Å². The van der Waals surface area contributed by atoms with E-state index in [1.54, 1.807) is 0 Å². The van der Waals surface area contributed by atoms with Crippen LogP contribution < -0.4 is 5.32 Å². The normalized spacial score (nSPS) is 26.1. The fourth-order valence-corrected chi connectivity index (χ4v) is 3.13. The van der Waals surface area contributed by atoms with Gasteiger partial charge in [-0.3, -0.25) is 0 Å². The minimum Gasteiger partial charge on any atom is -0.364 e. The number of H-pyrrole nitrogens is 1. The summed E-state index contributed by atoms with van der Waals surface area (Å²) in [5.41, 5.74) is 1.72. The Morgan fingerprint density at radius 3 is 2.71 bits per heavy atom. The molecule has 2 unspecified atom stereocenters. The van der Waals surface area contributed by atoms with Crippen LogP contribution in [-0.4, -0.2) is 11.0 Å². The molecule has 1 aromatic rings. The third-order valence-corrected chi connectivity index (χ3v) is 4.10. The minimum atomic E-state index is 0.424. The predicted octanol–water partition coefficient (Wildman–Crippen LogP) is 3.71. The van der Waals surface area contributed by atoms with Gasteiger partial charge >= 0.3 is 0 Å². The van der Waals surface area contributed by atoms with Gasteiger partial charge < -0.3 is 10.3 Å². The summed E-state index contributed by atoms with van der Waals surface area (Å²) in [5, 5.41) is 3.75. The second-order valence-corrected chi connectivity index (χ2v) is 6.44. The Hall–Kier alpha value is -0.760. The molecule has 0 aliphatic heterocycles. The van der Waals surface area contributed by atoms with Crippen molar-refractivity contribution in [1.29, 1.82) is 0 Å². The quantitative estimate of drug-likeness (QED) is 0.820. The molecule has 0 amide bonds. The molecular weight excluding hydrogens is 208 g/mol. The van der Waals surface area contributed by atoms with Crippen LogP contribution in [-0.2, 0) is 6.54 Å². The monoisotopic (exact) mass is 234 g/mol. The third kappa shape index (κ3) is 3.35. The van der Waals surface area contributed by atoms with Crippen LogP contribution >= 0.6 is 0 Å². The number of rotatable bonds is 3. The highest BCUT2D eigenvalue weighted by molar-refractivity contribution is 5.03. The van der Waals surface area contributed by atoms with E-state index in [-0.39, 0.29) is 0 Å². The van der Waals surface area contributed by atoms with Crippen LogP contribution in [0.1, 0.15) is 52.1 Å². The first-order chi connectivity index (χ1) is 8.07. The molecule has 2 rings (SSSR count). The largest absolute Gasteiger partial charge is 0.364 e. The van der Waals surface area contributed by atoms with Gasteiger partial charge in [0.15, 0.2) is 0 Å². The van der Waals surface area contributed by atoms with E-state index in [0.717, 1.165) is 12.5 Å². The molecule has 1 heterocycles. The van der Waals surface area contributed by atoms with Crippen molar-refractivity contribution in [2.75, 3.05) is 0 Å². The molecule has 2 N–H and O–H groups in total. The summed E-state index contributed by atoms with van der Waals surface area (Å²) in [5.74, 6) is 0.811. The van der Waals surface area contributed by atoms with Crippen molar-refractivity contribution >= 4 is 0 Å². The molecule has 0 saturated heterocycles. The molecule has 1 fully saturated rings. The number of nitrogens with one attached hydrogen (secondary N) is 2. The third-order valence-electron chi connectivity index (χ3n) is 4.10. The van der Waals surface area contributed by atoms with Crippen molar-refractivity contribution in [2.24, 2.45) is 11.3 Å². The van der Waals surface area contributed by atoms with Crippen molar-refractivity contribution in [2.45, 2.75) is 59.0 Å². The molecule has 17 heavy (non-hydrogen) atoms. The van der Waals surface area contributed by atoms with Crippen LogP contribution in [0.15, 0.2) is 18.3 Å². The Morgan fingerprint density at radius 2 is 2.06 bits per heavy atom. The second-order valence-electron chi connectivity index (χ2n) is 6.44. The Bertz CT molecular complexity index is 321. The summed E-state index contributed by atoms with van der Waals surface area (Å²) >= 11 is 0. The number of aromatic nitrogens is 1. The van der Waals surface area contributed by atoms with Crippen LogP contribution in [0.4, 0.5) is 0 Å². The molecule has 0 aromatic carbocycles. The van der Waals surface area contributed by atoms with E-state index >= 15 is 0 Å². The maximum absolute atomic E-state index is 3.75. The Kier molecular flexibility index (Phi) is 3.93. The van der Waals surface area contributed by atoms with Gasteiger partial charge in [-0.25, -0.2) is 0 Å². The second kappa shape index (κ2) is 5.26. The Labute approximate surface area is 105 Å². The van der Waals surface area contributed by atoms with Crippen molar-refractivity contribution in [3.63, 3.8) is 0 Å². The van der Waals surface area contributed by atoms with Gasteiger partial charge in [-0.2, -0.15) is 0 Å². The zero-order chi connectivity index (χ0) is 12.3. The van der Waals surface area contributed by atoms with Crippen LogP contribution in [0.5, 0.6) is 0 Å². The van der Waals surface area contributed by atoms with E-state index in [4.69, 9.17) is 0 Å². The van der Waals surface area contributed by atoms with Crippen molar-refractivity contribution < 1.29 is 0 Å². The van der Waals surface area contributed by atoms with Crippen LogP contribution in [0.3, 0.4) is 0 Å². The molecule has 2 heteroatoms. The van der Waals surface area contributed by atoms with E-state index in [1.165, 1.54) is 31.4 Å². The van der Waals surface area contributed by atoms with Crippen LogP contribution in [0, 0.1) is 11.3 Å². The standard InChI is InChI=1S/C15H26N2/c1-15(2,3)13-8-4-5-9-14(13)17-11-12-7-6-10-16-12/h6-7,10,13-14,16-17H,4-5,8-9,11H2,1-3H3. The minimum absolute atomic E-state index is 0.424. The van der Waals surface area contributed by atoms with Gasteiger partial charge in [-0.1, -0.05) is 33.6 Å². The van der Waals surface area contributed by atoms with Gasteiger partial charge in [0, 0.05) is 24.5 Å². The predicted molar refractivity (Wildman–Crippen MR) is 72.8 cm³/mol. The molecule has 2 atom stereocenters. The number of hydrogen-bond acceptors (Lipinski definition) is 1. The zero-order valence-electron chi connectivity index (χ0n) is 11.4. The number of hydrogen-bond donors (Lipinski definition) is 2. The van der Waals surface area contributed by atoms with Gasteiger partial charge in [-0.05, 0) is 36.3 Å². The first-order valence-corrected chi connectivity index (χ1v) is 6.93. The summed E-state index contributed by atoms with van der Waals surface area (Å²) in [4.78, 5) is 3.27. The lowest BCUT2D eigenvalue weighted by atomic mass is 9.69. The van der Waals surface area contributed by atoms with Crippen molar-refractivity contribution in [3.8, 4) is 0 Å². The lowest BCUT2D eigenvalue weighted by molar-refractivity contribution is 0.130. The highest BCUT2D eigenvalue weighted by Gasteiger charge is 2.33. The highest BCUT2D eigenvalue weighted by Crippen LogP contribution is 2.38. The molecule has 0 radical (unpaired) electrons. The number of aromatic amines is 1. The SMILES string of the molecule is CC(C)(C)C1CCCCC1NCc1ccc[nH]1. The molecule has 1 saturated carbocycles. The highest BCUT2D eigenvalue weighted by atomic mass is 14.9. The molecule has 0 spiro atoms. The van der Waals surface area contributed by atoms with Gasteiger partial charge in [0.05, 0.1) is 0 Å². The maximum Gasteiger partial charge on any atom is 0.0359 e. The summed E-state index contributed by atoms with van der Waals surface area (Å²) in [7, 11) is 0. The van der Waals surface area contributed by atoms with E-state index in [2.05, 4.69) is 43.2 Å². The molecule has 0 bridgehead atoms. The molecule has 1 aliphatic carbocycles. The molecular formula is C15H26N2. The maximum atomic E-state index is 3.75. The first kappa shape index (κ1) is 12.7. The smallest absolute Gasteiger partial charge is 0.0359 e. The summed E-state index contributed by atoms with van der Waals surface area (Å²) in [6.07, 6.45) is 7.51. The van der Waals surface area contributed by atoms with Crippen molar-refractivity contribution in [1.82, 2.24) is 10.3 Å². The fraction of sp³-hybridized carbons (Fsp3) is 0.733. The van der Waals surface area contributed by atoms with Crippen LogP contribution in [0.25, 0.3) is 0 Å². The van der Waals surface area contributed by atoms with Gasteiger partial charge in [0.2, 0.25) is 0 Å². The van der Waals surface area contributed by atoms with E-state index in [9.17, 15) is 0 Å². The van der Waals surface area contributed by atoms with E-state index in [0.29, 0.717) is 11.5 Å². The van der Waals surface area contributed by atoms with Gasteiger partial charge in [0.1, 0.15) is 0 Å². The lowest BCUT2D eigenvalue weighted by Crippen LogP contribution is -2.43. The molecule has 1 aromatic heterocycles. The summed E-state index contributed by atoms with van der Waals surface area (Å²) in [6.45, 7) is 8.12. The van der Waals surface area contributed by atoms with Crippen LogP contribution in [0.2, 0.25) is 0 Å². The Balaban J connectivity index is 1.92. The molecule has 96 valence electrons. The average Bonchev–Trinajstić information content (AvgIpc) is 2.78. The molecule has 1 aliphatic rings. The summed E-state index contributed by atoms with van der Waals surface area (Å²) < 4.78 is 0. The topological polar surface area (TPSA) is 27.8 Å². The Morgan fingerprint density at radius 1 is 1.29 bits per heavy atom. The van der Waals surface area contributed by atoms with Gasteiger partial charge in [0.25, 0.3) is 0 Å². The lowest BCUT2D eigenvalue weighted by Gasteiger charge is -2.41. The summed E-state index contributed by atoms with van der Waals surface area (Å²) in [6, 6.07) is 4.91. The zero-order valence-corrected chi connectivity index (χ0v) is 11.4.